The zero-order chi connectivity index (χ0) is 15.2. The summed E-state index contributed by atoms with van der Waals surface area (Å²) in [7, 11) is -1.03. The number of carbonyl (C=O) groups is 1. The third kappa shape index (κ3) is 5.16. The molecule has 0 bridgehead atoms. The van der Waals surface area contributed by atoms with Crippen LogP contribution in [0.4, 0.5) is 0 Å². The van der Waals surface area contributed by atoms with Gasteiger partial charge in [0.15, 0.2) is 0 Å². The molecule has 0 saturated carbocycles. The predicted octanol–water partition coefficient (Wildman–Crippen LogP) is 0.221. The maximum Gasteiger partial charge on any atom is 0.306 e. The van der Waals surface area contributed by atoms with Crippen molar-refractivity contribution >= 4 is 16.2 Å². The molecule has 0 aliphatic rings. The van der Waals surface area contributed by atoms with Gasteiger partial charge in [-0.05, 0) is 17.7 Å². The summed E-state index contributed by atoms with van der Waals surface area (Å²) in [6.07, 6.45) is -0.00683. The van der Waals surface area contributed by atoms with E-state index in [4.69, 9.17) is 5.11 Å². The van der Waals surface area contributed by atoms with Gasteiger partial charge in [-0.3, -0.25) is 4.79 Å². The van der Waals surface area contributed by atoms with E-state index in [2.05, 4.69) is 9.46 Å². The van der Waals surface area contributed by atoms with E-state index in [9.17, 15) is 13.2 Å². The predicted molar refractivity (Wildman–Crippen MR) is 73.1 cm³/mol. The smallest absolute Gasteiger partial charge is 0.306 e. The number of nitrogens with one attached hydrogen (secondary N) is 1. The van der Waals surface area contributed by atoms with Crippen LogP contribution < -0.4 is 4.72 Å². The molecule has 0 saturated heterocycles. The minimum atomic E-state index is -3.66. The van der Waals surface area contributed by atoms with Crippen LogP contribution in [-0.4, -0.2) is 44.5 Å². The van der Waals surface area contributed by atoms with Gasteiger partial charge >= 0.3 is 5.97 Å². The lowest BCUT2D eigenvalue weighted by atomic mass is 10.2. The Hall–Kier alpha value is -1.64. The molecule has 0 spiro atoms. The summed E-state index contributed by atoms with van der Waals surface area (Å²) in [5, 5.41) is 9.13. The van der Waals surface area contributed by atoms with Crippen LogP contribution in [0.2, 0.25) is 0 Å². The van der Waals surface area contributed by atoms with Gasteiger partial charge in [0.25, 0.3) is 10.2 Å². The molecule has 2 N–H and O–H groups in total. The second kappa shape index (κ2) is 7.22. The van der Waals surface area contributed by atoms with Crippen molar-refractivity contribution in [1.82, 2.24) is 9.03 Å². The summed E-state index contributed by atoms with van der Waals surface area (Å²) >= 11 is 0. The zero-order valence-electron chi connectivity index (χ0n) is 11.4. The fourth-order valence-electron chi connectivity index (χ4n) is 1.37. The zero-order valence-corrected chi connectivity index (χ0v) is 12.2. The van der Waals surface area contributed by atoms with Gasteiger partial charge in [-0.25, -0.2) is 0 Å². The number of methoxy groups -OCH3 is 1. The van der Waals surface area contributed by atoms with Gasteiger partial charge in [-0.1, -0.05) is 12.1 Å². The molecule has 0 heterocycles. The fourth-order valence-corrected chi connectivity index (χ4v) is 2.27. The molecule has 0 aliphatic heterocycles. The van der Waals surface area contributed by atoms with Crippen molar-refractivity contribution in [2.45, 2.75) is 13.0 Å². The second-order valence-corrected chi connectivity index (χ2v) is 6.00. The minimum absolute atomic E-state index is 0.00683. The van der Waals surface area contributed by atoms with Crippen molar-refractivity contribution in [2.75, 3.05) is 20.7 Å². The average molecular weight is 302 g/mol. The third-order valence-electron chi connectivity index (χ3n) is 2.66. The van der Waals surface area contributed by atoms with Gasteiger partial charge in [0, 0.05) is 20.1 Å². The van der Waals surface area contributed by atoms with E-state index >= 15 is 0 Å². The fraction of sp³-hybridized carbons (Fsp3) is 0.417. The Morgan fingerprint density at radius 1 is 1.35 bits per heavy atom. The van der Waals surface area contributed by atoms with E-state index in [0.29, 0.717) is 5.56 Å². The van der Waals surface area contributed by atoms with Gasteiger partial charge in [0.2, 0.25) is 0 Å². The molecule has 0 aliphatic carbocycles. The number of esters is 1. The van der Waals surface area contributed by atoms with Crippen molar-refractivity contribution in [1.29, 1.82) is 0 Å². The first-order chi connectivity index (χ1) is 9.35. The Labute approximate surface area is 118 Å². The lowest BCUT2D eigenvalue weighted by molar-refractivity contribution is -0.140. The highest BCUT2D eigenvalue weighted by Gasteiger charge is 2.18. The van der Waals surface area contributed by atoms with Crippen molar-refractivity contribution in [2.24, 2.45) is 0 Å². The lowest BCUT2D eigenvalue weighted by Crippen LogP contribution is -2.38. The third-order valence-corrected chi connectivity index (χ3v) is 4.18. The molecule has 20 heavy (non-hydrogen) atoms. The van der Waals surface area contributed by atoms with Crippen molar-refractivity contribution in [3.8, 4) is 5.75 Å². The molecule has 8 heteroatoms. The summed E-state index contributed by atoms with van der Waals surface area (Å²) in [5.74, 6) is -0.350. The summed E-state index contributed by atoms with van der Waals surface area (Å²) < 4.78 is 31.7. The van der Waals surface area contributed by atoms with Crippen molar-refractivity contribution < 1.29 is 23.1 Å². The Morgan fingerprint density at radius 3 is 2.50 bits per heavy atom. The van der Waals surface area contributed by atoms with Gasteiger partial charge in [0.05, 0.1) is 13.5 Å². The average Bonchev–Trinajstić information content (AvgIpc) is 2.43. The Balaban J connectivity index is 2.52. The number of ether oxygens (including phenoxy) is 1. The van der Waals surface area contributed by atoms with Crippen LogP contribution >= 0.6 is 0 Å². The number of phenolic OH excluding ortho intramolecular Hbond substituents is 1. The minimum Gasteiger partial charge on any atom is -0.508 e. The van der Waals surface area contributed by atoms with Crippen LogP contribution in [-0.2, 0) is 26.3 Å². The summed E-state index contributed by atoms with van der Waals surface area (Å²) in [4.78, 5) is 11.0. The van der Waals surface area contributed by atoms with Gasteiger partial charge in [-0.15, -0.1) is 0 Å². The maximum absolute atomic E-state index is 11.9. The topological polar surface area (TPSA) is 95.9 Å². The SMILES string of the molecule is COC(=O)CCN(C)S(=O)(=O)NCc1ccc(O)cc1. The Bertz CT molecular complexity index is 541. The van der Waals surface area contributed by atoms with E-state index in [1.807, 2.05) is 0 Å². The molecule has 0 aromatic heterocycles. The molecule has 0 fully saturated rings. The highest BCUT2D eigenvalue weighted by molar-refractivity contribution is 7.87. The number of aromatic hydroxyl groups is 1. The van der Waals surface area contributed by atoms with Gasteiger partial charge in [0.1, 0.15) is 5.75 Å². The number of benzene rings is 1. The number of nitrogens with zero attached hydrogens (tertiary/aromatic N) is 1. The van der Waals surface area contributed by atoms with Crippen LogP contribution in [0.5, 0.6) is 5.75 Å². The van der Waals surface area contributed by atoms with Crippen molar-refractivity contribution in [3.63, 3.8) is 0 Å². The quantitative estimate of drug-likeness (QED) is 0.703. The molecule has 112 valence electrons. The second-order valence-electron chi connectivity index (χ2n) is 4.14. The molecular formula is C12H18N2O5S. The van der Waals surface area contributed by atoms with Crippen LogP contribution in [0.15, 0.2) is 24.3 Å². The molecule has 1 aromatic carbocycles. The van der Waals surface area contributed by atoms with E-state index < -0.39 is 16.2 Å². The molecule has 0 atom stereocenters. The first-order valence-electron chi connectivity index (χ1n) is 5.91. The molecule has 7 nitrogen and oxygen atoms in total. The Morgan fingerprint density at radius 2 is 1.95 bits per heavy atom. The normalized spacial score (nSPS) is 11.6. The maximum atomic E-state index is 11.9. The highest BCUT2D eigenvalue weighted by Crippen LogP contribution is 2.09. The lowest BCUT2D eigenvalue weighted by Gasteiger charge is -2.17. The Kier molecular flexibility index (Phi) is 5.93. The standard InChI is InChI=1S/C12H18N2O5S/c1-14(8-7-12(16)19-2)20(17,18)13-9-10-3-5-11(15)6-4-10/h3-6,13,15H,7-9H2,1-2H3. The van der Waals surface area contributed by atoms with Gasteiger partial charge < -0.3 is 9.84 Å². The number of phenols is 1. The number of carbonyl (C=O) groups excluding carboxylic acids is 1. The number of hydrogen-bond donors (Lipinski definition) is 2. The molecule has 1 rings (SSSR count). The van der Waals surface area contributed by atoms with E-state index in [1.54, 1.807) is 12.1 Å². The summed E-state index contributed by atoms with van der Waals surface area (Å²) in [5.41, 5.74) is 0.716. The first-order valence-corrected chi connectivity index (χ1v) is 7.35. The highest BCUT2D eigenvalue weighted by atomic mass is 32.2. The number of rotatable bonds is 7. The van der Waals surface area contributed by atoms with Gasteiger partial charge in [-0.2, -0.15) is 17.4 Å². The summed E-state index contributed by atoms with van der Waals surface area (Å²) in [6.45, 7) is 0.142. The number of hydrogen-bond acceptors (Lipinski definition) is 5. The monoisotopic (exact) mass is 302 g/mol. The largest absolute Gasteiger partial charge is 0.508 e. The van der Waals surface area contributed by atoms with Crippen molar-refractivity contribution in [3.05, 3.63) is 29.8 Å². The van der Waals surface area contributed by atoms with Crippen LogP contribution in [0.25, 0.3) is 0 Å². The summed E-state index contributed by atoms with van der Waals surface area (Å²) in [6, 6.07) is 6.19. The van der Waals surface area contributed by atoms with Crippen LogP contribution in [0.1, 0.15) is 12.0 Å². The molecule has 0 radical (unpaired) electrons. The van der Waals surface area contributed by atoms with E-state index in [0.717, 1.165) is 4.31 Å². The van der Waals surface area contributed by atoms with E-state index in [1.165, 1.54) is 26.3 Å². The van der Waals surface area contributed by atoms with Crippen LogP contribution in [0.3, 0.4) is 0 Å². The van der Waals surface area contributed by atoms with E-state index in [-0.39, 0.29) is 25.3 Å². The first kappa shape index (κ1) is 16.4. The molecule has 0 amide bonds. The van der Waals surface area contributed by atoms with Crippen LogP contribution in [0, 0.1) is 0 Å². The molecular weight excluding hydrogens is 284 g/mol. The molecule has 0 unspecified atom stereocenters. The molecule has 1 aromatic rings.